The minimum atomic E-state index is -0.198. The maximum Gasteiger partial charge on any atom is 0.263 e. The van der Waals surface area contributed by atoms with E-state index in [1.165, 1.54) is 6.20 Å². The number of amides is 1. The van der Waals surface area contributed by atoms with E-state index in [0.717, 1.165) is 33.8 Å². The van der Waals surface area contributed by atoms with Gasteiger partial charge in [-0.05, 0) is 24.6 Å². The van der Waals surface area contributed by atoms with Gasteiger partial charge in [-0.25, -0.2) is 9.97 Å². The summed E-state index contributed by atoms with van der Waals surface area (Å²) >= 11 is 1.16. The highest BCUT2D eigenvalue weighted by molar-refractivity contribution is 7.17. The number of nitrogens with one attached hydrogen (secondary N) is 2. The molecule has 4 N–H and O–H groups in total. The average Bonchev–Trinajstić information content (AvgIpc) is 3.01. The molecular formula is C13H13N5OS. The van der Waals surface area contributed by atoms with Crippen molar-refractivity contribution >= 4 is 33.4 Å². The van der Waals surface area contributed by atoms with Crippen LogP contribution in [0.4, 0.5) is 5.13 Å². The van der Waals surface area contributed by atoms with Crippen LogP contribution in [0.1, 0.15) is 21.1 Å². The lowest BCUT2D eigenvalue weighted by molar-refractivity contribution is 0.0954. The summed E-state index contributed by atoms with van der Waals surface area (Å²) in [5, 5.41) is 3.17. The second kappa shape index (κ2) is 4.93. The van der Waals surface area contributed by atoms with Gasteiger partial charge in [0.25, 0.3) is 5.91 Å². The Balaban J connectivity index is 1.72. The number of benzene rings is 1. The van der Waals surface area contributed by atoms with E-state index in [2.05, 4.69) is 20.3 Å². The van der Waals surface area contributed by atoms with Gasteiger partial charge in [-0.1, -0.05) is 17.4 Å². The van der Waals surface area contributed by atoms with Gasteiger partial charge in [0.1, 0.15) is 10.7 Å². The molecule has 6 nitrogen and oxygen atoms in total. The molecule has 0 atom stereocenters. The topological polar surface area (TPSA) is 96.7 Å². The summed E-state index contributed by atoms with van der Waals surface area (Å²) in [7, 11) is 0. The number of hydrogen-bond acceptors (Lipinski definition) is 5. The van der Waals surface area contributed by atoms with Crippen LogP contribution < -0.4 is 11.1 Å². The first-order valence-electron chi connectivity index (χ1n) is 6.06. The first kappa shape index (κ1) is 12.6. The maximum absolute atomic E-state index is 11.9. The number of carbonyl (C=O) groups excluding carboxylic acids is 1. The second-order valence-corrected chi connectivity index (χ2v) is 5.51. The Hall–Kier alpha value is -2.41. The average molecular weight is 287 g/mol. The van der Waals surface area contributed by atoms with Gasteiger partial charge >= 0.3 is 0 Å². The number of aromatic nitrogens is 3. The third-order valence-corrected chi connectivity index (χ3v) is 3.68. The maximum atomic E-state index is 11.9. The zero-order chi connectivity index (χ0) is 14.1. The van der Waals surface area contributed by atoms with Crippen LogP contribution in [0, 0.1) is 6.92 Å². The summed E-state index contributed by atoms with van der Waals surface area (Å²) in [5.41, 5.74) is 8.52. The van der Waals surface area contributed by atoms with Gasteiger partial charge in [-0.15, -0.1) is 0 Å². The van der Waals surface area contributed by atoms with Crippen LogP contribution in [0.3, 0.4) is 0 Å². The Bertz CT molecular complexity index is 776. The largest absolute Gasteiger partial charge is 0.375 e. The monoisotopic (exact) mass is 287 g/mol. The van der Waals surface area contributed by atoms with Crippen molar-refractivity contribution in [3.05, 3.63) is 40.7 Å². The fourth-order valence-corrected chi connectivity index (χ4v) is 2.50. The molecule has 0 radical (unpaired) electrons. The van der Waals surface area contributed by atoms with Gasteiger partial charge in [-0.2, -0.15) is 0 Å². The molecule has 1 amide bonds. The Labute approximate surface area is 119 Å². The van der Waals surface area contributed by atoms with Crippen molar-refractivity contribution in [2.75, 3.05) is 5.73 Å². The van der Waals surface area contributed by atoms with Crippen molar-refractivity contribution in [2.24, 2.45) is 0 Å². The number of aryl methyl sites for hydroxylation is 1. The predicted molar refractivity (Wildman–Crippen MR) is 78.5 cm³/mol. The van der Waals surface area contributed by atoms with Crippen molar-refractivity contribution in [3.8, 4) is 0 Å². The smallest absolute Gasteiger partial charge is 0.263 e. The van der Waals surface area contributed by atoms with Crippen molar-refractivity contribution < 1.29 is 4.79 Å². The quantitative estimate of drug-likeness (QED) is 0.684. The van der Waals surface area contributed by atoms with Crippen LogP contribution in [-0.2, 0) is 6.54 Å². The molecule has 0 aliphatic rings. The molecular weight excluding hydrogens is 274 g/mol. The van der Waals surface area contributed by atoms with Crippen molar-refractivity contribution in [3.63, 3.8) is 0 Å². The van der Waals surface area contributed by atoms with Gasteiger partial charge in [0.2, 0.25) is 0 Å². The highest BCUT2D eigenvalue weighted by Crippen LogP contribution is 2.15. The molecule has 3 aromatic rings. The highest BCUT2D eigenvalue weighted by atomic mass is 32.1. The number of fused-ring (bicyclic) bond motifs is 1. The molecule has 2 heterocycles. The molecule has 3 rings (SSSR count). The number of hydrogen-bond donors (Lipinski definition) is 3. The first-order valence-corrected chi connectivity index (χ1v) is 6.88. The molecule has 0 aliphatic heterocycles. The van der Waals surface area contributed by atoms with Crippen LogP contribution in [-0.4, -0.2) is 20.9 Å². The van der Waals surface area contributed by atoms with Crippen LogP contribution in [0.15, 0.2) is 24.4 Å². The molecule has 2 aromatic heterocycles. The molecule has 0 spiro atoms. The number of nitrogen functional groups attached to an aromatic ring is 1. The number of carbonyl (C=O) groups is 1. The number of nitrogens with two attached hydrogens (primary N) is 1. The second-order valence-electron chi connectivity index (χ2n) is 4.45. The highest BCUT2D eigenvalue weighted by Gasteiger charge is 2.10. The number of nitrogens with zero attached hydrogens (tertiary/aromatic N) is 2. The number of H-pyrrole nitrogens is 1. The standard InChI is InChI=1S/C13H13N5OS/c1-7-2-3-8-9(4-7)18-11(17-8)6-15-12(19)10-5-16-13(14)20-10/h2-5H,6H2,1H3,(H2,14,16)(H,15,19)(H,17,18). The normalized spacial score (nSPS) is 10.8. The molecule has 20 heavy (non-hydrogen) atoms. The number of thiazole rings is 1. The van der Waals surface area contributed by atoms with Crippen LogP contribution >= 0.6 is 11.3 Å². The Morgan fingerprint density at radius 1 is 1.50 bits per heavy atom. The van der Waals surface area contributed by atoms with Gasteiger partial charge in [0.05, 0.1) is 23.8 Å². The minimum absolute atomic E-state index is 0.198. The van der Waals surface area contributed by atoms with Crippen LogP contribution in [0.5, 0.6) is 0 Å². The Morgan fingerprint density at radius 3 is 3.10 bits per heavy atom. The molecule has 0 aliphatic carbocycles. The molecule has 0 fully saturated rings. The predicted octanol–water partition coefficient (Wildman–Crippen LogP) is 1.84. The Kier molecular flexibility index (Phi) is 3.11. The van der Waals surface area contributed by atoms with E-state index in [4.69, 9.17) is 5.73 Å². The van der Waals surface area contributed by atoms with Gasteiger partial charge in [0, 0.05) is 0 Å². The molecule has 0 saturated heterocycles. The molecule has 7 heteroatoms. The van der Waals surface area contributed by atoms with E-state index >= 15 is 0 Å². The van der Waals surface area contributed by atoms with Gasteiger partial charge < -0.3 is 16.0 Å². The minimum Gasteiger partial charge on any atom is -0.375 e. The van der Waals surface area contributed by atoms with E-state index in [-0.39, 0.29) is 5.91 Å². The Morgan fingerprint density at radius 2 is 2.35 bits per heavy atom. The van der Waals surface area contributed by atoms with Crippen LogP contribution in [0.25, 0.3) is 11.0 Å². The summed E-state index contributed by atoms with van der Waals surface area (Å²) in [5.74, 6) is 0.521. The lowest BCUT2D eigenvalue weighted by Crippen LogP contribution is -2.22. The molecule has 102 valence electrons. The summed E-state index contributed by atoms with van der Waals surface area (Å²) in [6.45, 7) is 2.36. The summed E-state index contributed by atoms with van der Waals surface area (Å²) in [4.78, 5) is 23.8. The third-order valence-electron chi connectivity index (χ3n) is 2.85. The lowest BCUT2D eigenvalue weighted by atomic mass is 10.2. The molecule has 0 saturated carbocycles. The van der Waals surface area contributed by atoms with Gasteiger partial charge in [0.15, 0.2) is 5.13 Å². The summed E-state index contributed by atoms with van der Waals surface area (Å²) in [6, 6.07) is 5.99. The zero-order valence-electron chi connectivity index (χ0n) is 10.8. The molecule has 1 aromatic carbocycles. The number of anilines is 1. The van der Waals surface area contributed by atoms with E-state index in [0.29, 0.717) is 16.6 Å². The number of aromatic amines is 1. The molecule has 0 unspecified atom stereocenters. The fraction of sp³-hybridized carbons (Fsp3) is 0.154. The first-order chi connectivity index (χ1) is 9.61. The lowest BCUT2D eigenvalue weighted by Gasteiger charge is -1.99. The summed E-state index contributed by atoms with van der Waals surface area (Å²) < 4.78 is 0. The zero-order valence-corrected chi connectivity index (χ0v) is 11.6. The van der Waals surface area contributed by atoms with Crippen LogP contribution in [0.2, 0.25) is 0 Å². The van der Waals surface area contributed by atoms with E-state index < -0.39 is 0 Å². The van der Waals surface area contributed by atoms with Crippen molar-refractivity contribution in [1.82, 2.24) is 20.3 Å². The SMILES string of the molecule is Cc1ccc2nc(CNC(=O)c3cnc(N)s3)[nH]c2c1. The van der Waals surface area contributed by atoms with Crippen molar-refractivity contribution in [1.29, 1.82) is 0 Å². The van der Waals surface area contributed by atoms with Gasteiger partial charge in [-0.3, -0.25) is 4.79 Å². The number of rotatable bonds is 3. The fourth-order valence-electron chi connectivity index (χ4n) is 1.90. The van der Waals surface area contributed by atoms with E-state index in [1.807, 2.05) is 25.1 Å². The number of imidazole rings is 1. The third kappa shape index (κ3) is 2.48. The van der Waals surface area contributed by atoms with Crippen molar-refractivity contribution in [2.45, 2.75) is 13.5 Å². The van der Waals surface area contributed by atoms with E-state index in [9.17, 15) is 4.79 Å². The molecule has 0 bridgehead atoms. The van der Waals surface area contributed by atoms with E-state index in [1.54, 1.807) is 0 Å². The summed E-state index contributed by atoms with van der Waals surface area (Å²) in [6.07, 6.45) is 1.47.